The highest BCUT2D eigenvalue weighted by atomic mass is 32.2. The van der Waals surface area contributed by atoms with Crippen molar-refractivity contribution in [2.75, 3.05) is 51.8 Å². The van der Waals surface area contributed by atoms with Crippen LogP contribution in [0.2, 0.25) is 0 Å². The third-order valence-electron chi connectivity index (χ3n) is 6.48. The molecule has 200 valence electrons. The van der Waals surface area contributed by atoms with Crippen LogP contribution in [0.4, 0.5) is 5.13 Å². The molecule has 2 atom stereocenters. The topological polar surface area (TPSA) is 83.0 Å². The molecule has 37 heavy (non-hydrogen) atoms. The number of thiazole rings is 1. The Balaban J connectivity index is 1.60. The average molecular weight is 545 g/mol. The summed E-state index contributed by atoms with van der Waals surface area (Å²) in [6.07, 6.45) is 1.03. The summed E-state index contributed by atoms with van der Waals surface area (Å²) < 4.78 is 34.7. The van der Waals surface area contributed by atoms with E-state index in [4.69, 9.17) is 9.72 Å². The first-order valence-corrected chi connectivity index (χ1v) is 14.9. The molecule has 0 N–H and O–H groups in total. The number of anilines is 1. The van der Waals surface area contributed by atoms with Gasteiger partial charge < -0.3 is 9.64 Å². The first-order valence-electron chi connectivity index (χ1n) is 12.7. The quantitative estimate of drug-likeness (QED) is 0.393. The monoisotopic (exact) mass is 544 g/mol. The standard InChI is InChI=1S/C27H36N4O4S2/c1-6-35-22-9-12-24-25(16-22)36-27(28-24)31(14-13-29(4)5)26(32)21-7-10-23(11-8-21)37(33,34)30-17-19(2)15-20(3)18-30/h7-12,16,19-20H,6,13-15,17-18H2,1-5H3. The van der Waals surface area contributed by atoms with Gasteiger partial charge in [0.2, 0.25) is 10.0 Å². The van der Waals surface area contributed by atoms with Crippen LogP contribution >= 0.6 is 11.3 Å². The normalized spacial score (nSPS) is 18.9. The summed E-state index contributed by atoms with van der Waals surface area (Å²) in [5.41, 5.74) is 1.23. The summed E-state index contributed by atoms with van der Waals surface area (Å²) in [7, 11) is 0.301. The molecule has 1 aliphatic heterocycles. The van der Waals surface area contributed by atoms with Crippen molar-refractivity contribution in [1.82, 2.24) is 14.2 Å². The van der Waals surface area contributed by atoms with E-state index in [-0.39, 0.29) is 10.8 Å². The number of nitrogens with zero attached hydrogens (tertiary/aromatic N) is 4. The summed E-state index contributed by atoms with van der Waals surface area (Å²) in [6.45, 7) is 8.84. The molecule has 2 unspecified atom stereocenters. The number of rotatable bonds is 9. The second-order valence-corrected chi connectivity index (χ2v) is 13.1. The van der Waals surface area contributed by atoms with Gasteiger partial charge >= 0.3 is 0 Å². The van der Waals surface area contributed by atoms with E-state index in [1.807, 2.05) is 44.1 Å². The Bertz CT molecular complexity index is 1330. The molecule has 2 aromatic carbocycles. The number of likely N-dealkylation sites (N-methyl/N-ethyl adjacent to an activating group) is 1. The maximum atomic E-state index is 13.6. The number of hydrogen-bond acceptors (Lipinski definition) is 7. The minimum Gasteiger partial charge on any atom is -0.494 e. The minimum atomic E-state index is -3.61. The molecule has 8 nitrogen and oxygen atoms in total. The second kappa shape index (κ2) is 11.5. The lowest BCUT2D eigenvalue weighted by Crippen LogP contribution is -2.42. The number of fused-ring (bicyclic) bond motifs is 1. The SMILES string of the molecule is CCOc1ccc2nc(N(CCN(C)C)C(=O)c3ccc(S(=O)(=O)N4CC(C)CC(C)C4)cc3)sc2c1. The molecule has 0 radical (unpaired) electrons. The van der Waals surface area contributed by atoms with Gasteiger partial charge in [0, 0.05) is 31.7 Å². The van der Waals surface area contributed by atoms with Gasteiger partial charge in [0.25, 0.3) is 5.91 Å². The fourth-order valence-corrected chi connectivity index (χ4v) is 7.42. The maximum Gasteiger partial charge on any atom is 0.260 e. The van der Waals surface area contributed by atoms with Crippen molar-refractivity contribution in [2.24, 2.45) is 11.8 Å². The van der Waals surface area contributed by atoms with Gasteiger partial charge in [0.05, 0.1) is 21.7 Å². The van der Waals surface area contributed by atoms with Crippen LogP contribution in [0.5, 0.6) is 5.75 Å². The van der Waals surface area contributed by atoms with Gasteiger partial charge in [-0.2, -0.15) is 4.31 Å². The highest BCUT2D eigenvalue weighted by Crippen LogP contribution is 2.33. The summed E-state index contributed by atoms with van der Waals surface area (Å²) in [6, 6.07) is 12.0. The molecule has 1 saturated heterocycles. The van der Waals surface area contributed by atoms with Crippen molar-refractivity contribution in [2.45, 2.75) is 32.1 Å². The molecular weight excluding hydrogens is 508 g/mol. The summed E-state index contributed by atoms with van der Waals surface area (Å²) in [4.78, 5) is 22.3. The van der Waals surface area contributed by atoms with Crippen LogP contribution in [-0.2, 0) is 10.0 Å². The Hall–Kier alpha value is -2.53. The smallest absolute Gasteiger partial charge is 0.260 e. The van der Waals surface area contributed by atoms with E-state index in [1.54, 1.807) is 33.5 Å². The first kappa shape index (κ1) is 27.5. The average Bonchev–Trinajstić information content (AvgIpc) is 3.26. The molecular formula is C27H36N4O4S2. The maximum absolute atomic E-state index is 13.6. The van der Waals surface area contributed by atoms with E-state index in [0.29, 0.717) is 55.3 Å². The van der Waals surface area contributed by atoms with Crippen molar-refractivity contribution >= 4 is 42.6 Å². The molecule has 1 fully saturated rings. The highest BCUT2D eigenvalue weighted by Gasteiger charge is 2.32. The number of ether oxygens (including phenoxy) is 1. The van der Waals surface area contributed by atoms with E-state index in [1.165, 1.54) is 11.3 Å². The molecule has 1 amide bonds. The van der Waals surface area contributed by atoms with Gasteiger partial charge in [-0.1, -0.05) is 25.2 Å². The number of carbonyl (C=O) groups is 1. The molecule has 2 heterocycles. The van der Waals surface area contributed by atoms with Crippen LogP contribution in [0.3, 0.4) is 0 Å². The van der Waals surface area contributed by atoms with E-state index < -0.39 is 10.0 Å². The zero-order valence-corrected chi connectivity index (χ0v) is 23.8. The van der Waals surface area contributed by atoms with Crippen molar-refractivity contribution in [1.29, 1.82) is 0 Å². The van der Waals surface area contributed by atoms with Crippen LogP contribution in [-0.4, -0.2) is 75.4 Å². The number of carbonyl (C=O) groups excluding carboxylic acids is 1. The van der Waals surface area contributed by atoms with Crippen molar-refractivity contribution < 1.29 is 17.9 Å². The lowest BCUT2D eigenvalue weighted by Gasteiger charge is -2.34. The molecule has 3 aromatic rings. The van der Waals surface area contributed by atoms with Gasteiger partial charge in [-0.3, -0.25) is 9.69 Å². The Morgan fingerprint density at radius 2 is 1.76 bits per heavy atom. The van der Waals surface area contributed by atoms with E-state index in [2.05, 4.69) is 13.8 Å². The predicted molar refractivity (Wildman–Crippen MR) is 149 cm³/mol. The Labute approximate surface area is 223 Å². The Morgan fingerprint density at radius 3 is 2.38 bits per heavy atom. The van der Waals surface area contributed by atoms with Crippen LogP contribution in [0, 0.1) is 11.8 Å². The highest BCUT2D eigenvalue weighted by molar-refractivity contribution is 7.89. The van der Waals surface area contributed by atoms with Crippen molar-refractivity contribution in [3.63, 3.8) is 0 Å². The van der Waals surface area contributed by atoms with E-state index >= 15 is 0 Å². The Morgan fingerprint density at radius 1 is 1.08 bits per heavy atom. The number of aromatic nitrogens is 1. The summed E-state index contributed by atoms with van der Waals surface area (Å²) in [5.74, 6) is 1.20. The third kappa shape index (κ3) is 6.31. The number of amides is 1. The molecule has 0 bridgehead atoms. The van der Waals surface area contributed by atoms with E-state index in [0.717, 1.165) is 22.4 Å². The van der Waals surface area contributed by atoms with E-state index in [9.17, 15) is 13.2 Å². The molecule has 0 spiro atoms. The Kier molecular flexibility index (Phi) is 8.52. The van der Waals surface area contributed by atoms with Gasteiger partial charge in [-0.15, -0.1) is 0 Å². The lowest BCUT2D eigenvalue weighted by molar-refractivity contribution is 0.0985. The van der Waals surface area contributed by atoms with Crippen LogP contribution in [0.15, 0.2) is 47.4 Å². The minimum absolute atomic E-state index is 0.213. The number of piperidine rings is 1. The predicted octanol–water partition coefficient (Wildman–Crippen LogP) is 4.57. The fourth-order valence-electron chi connectivity index (χ4n) is 4.73. The second-order valence-electron chi connectivity index (χ2n) is 10.1. The largest absolute Gasteiger partial charge is 0.494 e. The zero-order valence-electron chi connectivity index (χ0n) is 22.2. The van der Waals surface area contributed by atoms with Crippen LogP contribution in [0.25, 0.3) is 10.2 Å². The third-order valence-corrected chi connectivity index (χ3v) is 9.37. The molecule has 0 saturated carbocycles. The zero-order chi connectivity index (χ0) is 26.7. The van der Waals surface area contributed by atoms with Crippen molar-refractivity contribution in [3.05, 3.63) is 48.0 Å². The molecule has 0 aliphatic carbocycles. The molecule has 10 heteroatoms. The first-order chi connectivity index (χ1) is 17.6. The van der Waals surface area contributed by atoms with Gasteiger partial charge in [0.15, 0.2) is 5.13 Å². The number of hydrogen-bond donors (Lipinski definition) is 0. The molecule has 1 aliphatic rings. The lowest BCUT2D eigenvalue weighted by atomic mass is 9.94. The summed E-state index contributed by atoms with van der Waals surface area (Å²) >= 11 is 1.44. The van der Waals surface area contributed by atoms with Crippen molar-refractivity contribution in [3.8, 4) is 5.75 Å². The van der Waals surface area contributed by atoms with Gasteiger partial charge in [-0.25, -0.2) is 13.4 Å². The summed E-state index contributed by atoms with van der Waals surface area (Å²) in [5, 5.41) is 0.600. The number of benzene rings is 2. The fraction of sp³-hybridized carbons (Fsp3) is 0.481. The molecule has 4 rings (SSSR count). The molecule has 1 aromatic heterocycles. The van der Waals surface area contributed by atoms with Crippen LogP contribution < -0.4 is 9.64 Å². The number of sulfonamides is 1. The van der Waals surface area contributed by atoms with Crippen LogP contribution in [0.1, 0.15) is 37.6 Å². The van der Waals surface area contributed by atoms with Gasteiger partial charge in [-0.05, 0) is 81.7 Å². The van der Waals surface area contributed by atoms with Gasteiger partial charge in [0.1, 0.15) is 5.75 Å².